The van der Waals surface area contributed by atoms with Crippen LogP contribution < -0.4 is 14.2 Å². The van der Waals surface area contributed by atoms with Gasteiger partial charge in [-0.2, -0.15) is 0 Å². The second kappa shape index (κ2) is 8.80. The van der Waals surface area contributed by atoms with Crippen LogP contribution in [0.3, 0.4) is 0 Å². The summed E-state index contributed by atoms with van der Waals surface area (Å²) in [4.78, 5) is 14.7. The van der Waals surface area contributed by atoms with Crippen LogP contribution >= 0.6 is 0 Å². The van der Waals surface area contributed by atoms with Crippen molar-refractivity contribution in [3.63, 3.8) is 0 Å². The van der Waals surface area contributed by atoms with Crippen molar-refractivity contribution in [1.82, 2.24) is 4.90 Å². The van der Waals surface area contributed by atoms with E-state index in [2.05, 4.69) is 6.92 Å². The minimum absolute atomic E-state index is 0.00635. The fourth-order valence-corrected chi connectivity index (χ4v) is 3.52. The first-order valence-electron chi connectivity index (χ1n) is 9.39. The molecular formula is C22H27NO4. The van der Waals surface area contributed by atoms with Crippen LogP contribution in [0.2, 0.25) is 0 Å². The van der Waals surface area contributed by atoms with E-state index in [0.717, 1.165) is 37.1 Å². The predicted octanol–water partition coefficient (Wildman–Crippen LogP) is 4.01. The van der Waals surface area contributed by atoms with E-state index >= 15 is 0 Å². The Balaban J connectivity index is 1.67. The van der Waals surface area contributed by atoms with Gasteiger partial charge < -0.3 is 19.1 Å². The van der Waals surface area contributed by atoms with Crippen LogP contribution in [-0.2, 0) is 11.2 Å². The highest BCUT2D eigenvalue weighted by Gasteiger charge is 2.30. The highest BCUT2D eigenvalue weighted by molar-refractivity contribution is 5.78. The molecule has 5 nitrogen and oxygen atoms in total. The molecule has 1 atom stereocenters. The van der Waals surface area contributed by atoms with Crippen molar-refractivity contribution in [3.8, 4) is 17.2 Å². The van der Waals surface area contributed by atoms with E-state index in [4.69, 9.17) is 14.2 Å². The van der Waals surface area contributed by atoms with Crippen molar-refractivity contribution < 1.29 is 19.0 Å². The zero-order valence-electron chi connectivity index (χ0n) is 16.2. The molecule has 0 N–H and O–H groups in total. The maximum atomic E-state index is 12.7. The van der Waals surface area contributed by atoms with Crippen molar-refractivity contribution in [2.45, 2.75) is 32.2 Å². The second-order valence-corrected chi connectivity index (χ2v) is 6.65. The number of hydrogen-bond acceptors (Lipinski definition) is 4. The van der Waals surface area contributed by atoms with Crippen LogP contribution in [0.1, 0.15) is 36.9 Å². The molecule has 0 radical (unpaired) electrons. The molecule has 1 unspecified atom stereocenters. The number of carbonyl (C=O) groups is 1. The first kappa shape index (κ1) is 19.1. The fourth-order valence-electron chi connectivity index (χ4n) is 3.52. The van der Waals surface area contributed by atoms with Gasteiger partial charge in [0.05, 0.1) is 20.3 Å². The molecule has 0 bridgehead atoms. The second-order valence-electron chi connectivity index (χ2n) is 6.65. The number of hydrogen-bond donors (Lipinski definition) is 0. The van der Waals surface area contributed by atoms with Crippen molar-refractivity contribution in [1.29, 1.82) is 0 Å². The number of carbonyl (C=O) groups excluding carboxylic acids is 1. The molecule has 1 aliphatic rings. The average Bonchev–Trinajstić information content (AvgIpc) is 3.21. The molecule has 1 heterocycles. The third-order valence-corrected chi connectivity index (χ3v) is 5.06. The zero-order valence-corrected chi connectivity index (χ0v) is 16.2. The van der Waals surface area contributed by atoms with Gasteiger partial charge in [-0.3, -0.25) is 4.79 Å². The van der Waals surface area contributed by atoms with Gasteiger partial charge in [-0.25, -0.2) is 0 Å². The van der Waals surface area contributed by atoms with Crippen LogP contribution in [0.4, 0.5) is 0 Å². The lowest BCUT2D eigenvalue weighted by Gasteiger charge is -2.25. The molecule has 27 heavy (non-hydrogen) atoms. The van der Waals surface area contributed by atoms with E-state index < -0.39 is 0 Å². The van der Waals surface area contributed by atoms with Crippen molar-refractivity contribution >= 4 is 5.91 Å². The summed E-state index contributed by atoms with van der Waals surface area (Å²) >= 11 is 0. The molecule has 2 aromatic carbocycles. The van der Waals surface area contributed by atoms with Crippen LogP contribution in [0.25, 0.3) is 0 Å². The highest BCUT2D eigenvalue weighted by Crippen LogP contribution is 2.36. The molecule has 2 aromatic rings. The lowest BCUT2D eigenvalue weighted by molar-refractivity contribution is -0.134. The molecule has 144 valence electrons. The maximum absolute atomic E-state index is 12.7. The lowest BCUT2D eigenvalue weighted by Crippen LogP contribution is -2.34. The molecule has 3 rings (SSSR count). The summed E-state index contributed by atoms with van der Waals surface area (Å²) in [6, 6.07) is 13.8. The Labute approximate surface area is 160 Å². The van der Waals surface area contributed by atoms with Gasteiger partial charge in [-0.05, 0) is 54.7 Å². The molecular weight excluding hydrogens is 342 g/mol. The Hall–Kier alpha value is -2.69. The molecule has 0 aromatic heterocycles. The first-order chi connectivity index (χ1) is 13.2. The minimum atomic E-state index is 0.00635. The monoisotopic (exact) mass is 369 g/mol. The van der Waals surface area contributed by atoms with Crippen LogP contribution in [0, 0.1) is 0 Å². The average molecular weight is 369 g/mol. The van der Waals surface area contributed by atoms with Crippen molar-refractivity contribution in [3.05, 3.63) is 53.6 Å². The summed E-state index contributed by atoms with van der Waals surface area (Å²) < 4.78 is 16.4. The van der Waals surface area contributed by atoms with Gasteiger partial charge in [0, 0.05) is 6.54 Å². The maximum Gasteiger partial charge on any atom is 0.261 e. The van der Waals surface area contributed by atoms with Gasteiger partial charge in [0.25, 0.3) is 5.91 Å². The van der Waals surface area contributed by atoms with E-state index in [0.29, 0.717) is 11.5 Å². The number of ether oxygens (including phenoxy) is 3. The molecule has 0 spiro atoms. The Morgan fingerprint density at radius 2 is 1.81 bits per heavy atom. The van der Waals surface area contributed by atoms with E-state index in [9.17, 15) is 4.79 Å². The third-order valence-electron chi connectivity index (χ3n) is 5.06. The highest BCUT2D eigenvalue weighted by atomic mass is 16.5. The first-order valence-corrected chi connectivity index (χ1v) is 9.39. The number of methoxy groups -OCH3 is 2. The SMILES string of the molecule is CCc1ccc(OCC(=O)N2CCCC2c2ccc(OC)c(OC)c2)cc1. The third kappa shape index (κ3) is 4.35. The van der Waals surface area contributed by atoms with Gasteiger partial charge in [0.2, 0.25) is 0 Å². The van der Waals surface area contributed by atoms with Gasteiger partial charge >= 0.3 is 0 Å². The summed E-state index contributed by atoms with van der Waals surface area (Å²) in [7, 11) is 3.24. The number of amides is 1. The Morgan fingerprint density at radius 3 is 2.48 bits per heavy atom. The van der Waals surface area contributed by atoms with Gasteiger partial charge in [-0.1, -0.05) is 25.1 Å². The summed E-state index contributed by atoms with van der Waals surface area (Å²) in [6.45, 7) is 2.91. The number of nitrogens with zero attached hydrogens (tertiary/aromatic N) is 1. The Kier molecular flexibility index (Phi) is 6.22. The van der Waals surface area contributed by atoms with E-state index in [1.54, 1.807) is 14.2 Å². The van der Waals surface area contributed by atoms with Crippen molar-refractivity contribution in [2.75, 3.05) is 27.4 Å². The smallest absolute Gasteiger partial charge is 0.261 e. The molecule has 5 heteroatoms. The Morgan fingerprint density at radius 1 is 1.07 bits per heavy atom. The summed E-state index contributed by atoms with van der Waals surface area (Å²) in [5, 5.41) is 0. The summed E-state index contributed by atoms with van der Waals surface area (Å²) in [6.07, 6.45) is 2.91. The standard InChI is InChI=1S/C22H27NO4/c1-4-16-7-10-18(11-8-16)27-15-22(24)23-13-5-6-19(23)17-9-12-20(25-2)21(14-17)26-3/h7-12,14,19H,4-6,13,15H2,1-3H3. The topological polar surface area (TPSA) is 48.0 Å². The largest absolute Gasteiger partial charge is 0.493 e. The number of benzene rings is 2. The zero-order chi connectivity index (χ0) is 19.2. The molecule has 0 saturated carbocycles. The van der Waals surface area contributed by atoms with Gasteiger partial charge in [0.1, 0.15) is 5.75 Å². The quantitative estimate of drug-likeness (QED) is 0.740. The lowest BCUT2D eigenvalue weighted by atomic mass is 10.0. The molecule has 0 aliphatic carbocycles. The van der Waals surface area contributed by atoms with Gasteiger partial charge in [-0.15, -0.1) is 0 Å². The van der Waals surface area contributed by atoms with Crippen LogP contribution in [0.5, 0.6) is 17.2 Å². The number of likely N-dealkylation sites (tertiary alicyclic amines) is 1. The van der Waals surface area contributed by atoms with E-state index in [1.807, 2.05) is 47.4 Å². The number of aryl methyl sites for hydroxylation is 1. The number of rotatable bonds is 7. The fraction of sp³-hybridized carbons (Fsp3) is 0.409. The molecule has 1 amide bonds. The van der Waals surface area contributed by atoms with Crippen molar-refractivity contribution in [2.24, 2.45) is 0 Å². The predicted molar refractivity (Wildman–Crippen MR) is 105 cm³/mol. The van der Waals surface area contributed by atoms with Crippen LogP contribution in [0.15, 0.2) is 42.5 Å². The van der Waals surface area contributed by atoms with Crippen LogP contribution in [-0.4, -0.2) is 38.2 Å². The molecule has 1 fully saturated rings. The normalized spacial score (nSPS) is 16.3. The van der Waals surface area contributed by atoms with E-state index in [1.165, 1.54) is 5.56 Å². The summed E-state index contributed by atoms with van der Waals surface area (Å²) in [5.41, 5.74) is 2.31. The molecule has 1 aliphatic heterocycles. The Bertz CT molecular complexity index is 772. The molecule has 1 saturated heterocycles. The van der Waals surface area contributed by atoms with E-state index in [-0.39, 0.29) is 18.6 Å². The minimum Gasteiger partial charge on any atom is -0.493 e. The summed E-state index contributed by atoms with van der Waals surface area (Å²) in [5.74, 6) is 2.10. The van der Waals surface area contributed by atoms with Gasteiger partial charge in [0.15, 0.2) is 18.1 Å².